The molecule has 68 valence electrons. The Kier molecular flexibility index (Phi) is 2.97. The Morgan fingerprint density at radius 3 is 2.75 bits per heavy atom. The molecule has 1 aromatic heterocycles. The van der Waals surface area contributed by atoms with Crippen molar-refractivity contribution in [3.05, 3.63) is 11.7 Å². The van der Waals surface area contributed by atoms with Crippen molar-refractivity contribution in [2.45, 2.75) is 26.0 Å². The molecule has 0 saturated heterocycles. The Morgan fingerprint density at radius 2 is 2.33 bits per heavy atom. The molecule has 0 amide bonds. The molecule has 1 aromatic rings. The number of aryl methyl sites for hydroxylation is 1. The quantitative estimate of drug-likeness (QED) is 0.715. The fraction of sp³-hybridized carbons (Fsp3) is 0.714. The highest BCUT2D eigenvalue weighted by Gasteiger charge is 2.17. The fourth-order valence-electron chi connectivity index (χ4n) is 0.841. The van der Waals surface area contributed by atoms with Gasteiger partial charge in [0.25, 0.3) is 0 Å². The molecule has 12 heavy (non-hydrogen) atoms. The molecule has 2 unspecified atom stereocenters. The molecular weight excluding hydrogens is 176 g/mol. The van der Waals surface area contributed by atoms with Crippen LogP contribution in [0, 0.1) is 6.92 Å². The van der Waals surface area contributed by atoms with E-state index in [2.05, 4.69) is 10.1 Å². The van der Waals surface area contributed by atoms with Gasteiger partial charge >= 0.3 is 0 Å². The molecule has 0 aliphatic carbocycles. The Bertz CT molecular complexity index is 285. The van der Waals surface area contributed by atoms with Crippen molar-refractivity contribution in [1.29, 1.82) is 0 Å². The molecular formula is C7H12N2O2S. The zero-order valence-electron chi connectivity index (χ0n) is 7.40. The van der Waals surface area contributed by atoms with E-state index in [9.17, 15) is 4.21 Å². The van der Waals surface area contributed by atoms with Gasteiger partial charge in [-0.25, -0.2) is 0 Å². The summed E-state index contributed by atoms with van der Waals surface area (Å²) in [4.78, 5) is 4.01. The lowest BCUT2D eigenvalue weighted by Gasteiger charge is -2.02. The summed E-state index contributed by atoms with van der Waals surface area (Å²) < 4.78 is 16.2. The van der Waals surface area contributed by atoms with Gasteiger partial charge in [-0.2, -0.15) is 4.98 Å². The van der Waals surface area contributed by atoms with E-state index in [1.807, 2.05) is 13.8 Å². The maximum Gasteiger partial charge on any atom is 0.242 e. The minimum Gasteiger partial charge on any atom is -0.338 e. The van der Waals surface area contributed by atoms with Gasteiger partial charge in [-0.15, -0.1) is 0 Å². The molecule has 5 heteroatoms. The molecule has 0 aliphatic rings. The van der Waals surface area contributed by atoms with Crippen LogP contribution in [0.1, 0.15) is 30.8 Å². The highest BCUT2D eigenvalue weighted by atomic mass is 32.2. The van der Waals surface area contributed by atoms with Crippen molar-refractivity contribution in [3.63, 3.8) is 0 Å². The second-order valence-electron chi connectivity index (χ2n) is 2.49. The second kappa shape index (κ2) is 3.80. The lowest BCUT2D eigenvalue weighted by atomic mass is 10.5. The van der Waals surface area contributed by atoms with Gasteiger partial charge in [0.15, 0.2) is 5.82 Å². The zero-order chi connectivity index (χ0) is 9.14. The van der Waals surface area contributed by atoms with Gasteiger partial charge in [-0.05, 0) is 13.8 Å². The van der Waals surface area contributed by atoms with Crippen molar-refractivity contribution in [3.8, 4) is 0 Å². The molecule has 0 spiro atoms. The predicted molar refractivity (Wildman–Crippen MR) is 46.1 cm³/mol. The minimum absolute atomic E-state index is 0.156. The number of rotatable bonds is 3. The first-order chi connectivity index (χ1) is 5.65. The number of hydrogen-bond donors (Lipinski definition) is 0. The average molecular weight is 188 g/mol. The van der Waals surface area contributed by atoms with E-state index < -0.39 is 10.8 Å². The van der Waals surface area contributed by atoms with E-state index in [1.165, 1.54) is 0 Å². The Balaban J connectivity index is 2.77. The van der Waals surface area contributed by atoms with Crippen LogP contribution in [0.3, 0.4) is 0 Å². The molecule has 0 aliphatic heterocycles. The molecule has 1 heterocycles. The third kappa shape index (κ3) is 1.91. The fourth-order valence-corrected chi connectivity index (χ4v) is 1.66. The van der Waals surface area contributed by atoms with Gasteiger partial charge in [0.1, 0.15) is 5.25 Å². The maximum atomic E-state index is 11.3. The second-order valence-corrected chi connectivity index (χ2v) is 4.54. The monoisotopic (exact) mass is 188 g/mol. The summed E-state index contributed by atoms with van der Waals surface area (Å²) in [6, 6.07) is 0. The third-order valence-electron chi connectivity index (χ3n) is 1.57. The summed E-state index contributed by atoms with van der Waals surface area (Å²) in [5.74, 6) is 1.67. The Hall–Kier alpha value is -0.710. The van der Waals surface area contributed by atoms with Gasteiger partial charge < -0.3 is 4.52 Å². The summed E-state index contributed by atoms with van der Waals surface area (Å²) in [6.07, 6.45) is 0. The number of hydrogen-bond acceptors (Lipinski definition) is 4. The molecule has 0 radical (unpaired) electrons. The summed E-state index contributed by atoms with van der Waals surface area (Å²) in [6.45, 7) is 5.44. The van der Waals surface area contributed by atoms with Crippen molar-refractivity contribution in [2.24, 2.45) is 0 Å². The maximum absolute atomic E-state index is 11.3. The van der Waals surface area contributed by atoms with E-state index >= 15 is 0 Å². The van der Waals surface area contributed by atoms with Crippen LogP contribution in [0.5, 0.6) is 0 Å². The van der Waals surface area contributed by atoms with Crippen LogP contribution in [-0.4, -0.2) is 20.1 Å². The standard InChI is InChI=1S/C7H12N2O2S/c1-4-12(10)5(2)7-8-6(3)9-11-7/h5H,4H2,1-3H3. The largest absolute Gasteiger partial charge is 0.338 e. The van der Waals surface area contributed by atoms with Gasteiger partial charge in [-0.1, -0.05) is 12.1 Å². The van der Waals surface area contributed by atoms with Crippen molar-refractivity contribution < 1.29 is 8.73 Å². The van der Waals surface area contributed by atoms with Crippen LogP contribution >= 0.6 is 0 Å². The molecule has 4 nitrogen and oxygen atoms in total. The number of nitrogens with zero attached hydrogens (tertiary/aromatic N) is 2. The normalized spacial score (nSPS) is 15.9. The SMILES string of the molecule is CCS(=O)C(C)c1nc(C)no1. The first kappa shape index (κ1) is 9.38. The van der Waals surface area contributed by atoms with Gasteiger partial charge in [0.2, 0.25) is 5.89 Å². The van der Waals surface area contributed by atoms with E-state index in [0.717, 1.165) is 0 Å². The summed E-state index contributed by atoms with van der Waals surface area (Å²) in [7, 11) is -0.906. The summed E-state index contributed by atoms with van der Waals surface area (Å²) in [5, 5.41) is 3.48. The van der Waals surface area contributed by atoms with Gasteiger partial charge in [0, 0.05) is 16.6 Å². The van der Waals surface area contributed by atoms with Crippen LogP contribution in [0.25, 0.3) is 0 Å². The molecule has 0 N–H and O–H groups in total. The van der Waals surface area contributed by atoms with Gasteiger partial charge in [0.05, 0.1) is 0 Å². The molecule has 0 aromatic carbocycles. The van der Waals surface area contributed by atoms with Crippen LogP contribution in [0.4, 0.5) is 0 Å². The molecule has 0 bridgehead atoms. The smallest absolute Gasteiger partial charge is 0.242 e. The molecule has 2 atom stereocenters. The van der Waals surface area contributed by atoms with Gasteiger partial charge in [-0.3, -0.25) is 4.21 Å². The van der Waals surface area contributed by atoms with Crippen molar-refractivity contribution in [2.75, 3.05) is 5.75 Å². The highest BCUT2D eigenvalue weighted by molar-refractivity contribution is 7.85. The number of aromatic nitrogens is 2. The lowest BCUT2D eigenvalue weighted by molar-refractivity contribution is 0.375. The van der Waals surface area contributed by atoms with Crippen molar-refractivity contribution >= 4 is 10.8 Å². The first-order valence-electron chi connectivity index (χ1n) is 3.82. The first-order valence-corrected chi connectivity index (χ1v) is 5.20. The van der Waals surface area contributed by atoms with E-state index in [1.54, 1.807) is 6.92 Å². The topological polar surface area (TPSA) is 56.0 Å². The van der Waals surface area contributed by atoms with Crippen LogP contribution in [0.2, 0.25) is 0 Å². The van der Waals surface area contributed by atoms with E-state index in [4.69, 9.17) is 4.52 Å². The highest BCUT2D eigenvalue weighted by Crippen LogP contribution is 2.16. The zero-order valence-corrected chi connectivity index (χ0v) is 8.22. The lowest BCUT2D eigenvalue weighted by Crippen LogP contribution is -2.04. The van der Waals surface area contributed by atoms with Crippen LogP contribution in [-0.2, 0) is 10.8 Å². The molecule has 0 fully saturated rings. The van der Waals surface area contributed by atoms with Crippen LogP contribution < -0.4 is 0 Å². The Morgan fingerprint density at radius 1 is 1.67 bits per heavy atom. The molecule has 0 saturated carbocycles. The summed E-state index contributed by atoms with van der Waals surface area (Å²) in [5.41, 5.74) is 0. The average Bonchev–Trinajstić information content (AvgIpc) is 2.49. The van der Waals surface area contributed by atoms with Crippen molar-refractivity contribution in [1.82, 2.24) is 10.1 Å². The van der Waals surface area contributed by atoms with E-state index in [-0.39, 0.29) is 5.25 Å². The minimum atomic E-state index is -0.906. The predicted octanol–water partition coefficient (Wildman–Crippen LogP) is 1.21. The van der Waals surface area contributed by atoms with E-state index in [0.29, 0.717) is 17.5 Å². The molecule has 1 rings (SSSR count). The summed E-state index contributed by atoms with van der Waals surface area (Å²) >= 11 is 0. The van der Waals surface area contributed by atoms with Crippen LogP contribution in [0.15, 0.2) is 4.52 Å². The Labute approximate surface area is 73.8 Å². The third-order valence-corrected chi connectivity index (χ3v) is 3.13.